The molecule has 1 saturated heterocycles. The van der Waals surface area contributed by atoms with E-state index in [0.29, 0.717) is 24.3 Å². The number of amides is 1. The first-order valence-electron chi connectivity index (χ1n) is 5.95. The van der Waals surface area contributed by atoms with Crippen LogP contribution in [-0.2, 0) is 4.74 Å². The zero-order valence-electron chi connectivity index (χ0n) is 10.4. The van der Waals surface area contributed by atoms with E-state index < -0.39 is 5.60 Å². The molecule has 4 N–H and O–H groups in total. The maximum absolute atomic E-state index is 12.0. The van der Waals surface area contributed by atoms with Crippen LogP contribution in [0.2, 0.25) is 0 Å². The van der Waals surface area contributed by atoms with Crippen molar-refractivity contribution in [2.45, 2.75) is 18.9 Å². The number of hydrogen-bond donors (Lipinski definition) is 3. The van der Waals surface area contributed by atoms with E-state index in [1.54, 1.807) is 18.2 Å². The van der Waals surface area contributed by atoms with Gasteiger partial charge in [-0.15, -0.1) is 0 Å². The number of ether oxygens (including phenoxy) is 1. The summed E-state index contributed by atoms with van der Waals surface area (Å²) in [4.78, 5) is 12.0. The molecule has 1 fully saturated rings. The second kappa shape index (κ2) is 4.96. The predicted molar refractivity (Wildman–Crippen MR) is 68.3 cm³/mol. The number of nitrogens with one attached hydrogen (secondary N) is 1. The summed E-state index contributed by atoms with van der Waals surface area (Å²) in [6.45, 7) is 2.84. The highest BCUT2D eigenvalue weighted by Gasteiger charge is 2.32. The van der Waals surface area contributed by atoms with Gasteiger partial charge in [-0.3, -0.25) is 4.79 Å². The van der Waals surface area contributed by atoms with Gasteiger partial charge in [0, 0.05) is 30.8 Å². The van der Waals surface area contributed by atoms with Crippen LogP contribution < -0.4 is 11.1 Å². The van der Waals surface area contributed by atoms with Crippen molar-refractivity contribution in [2.24, 2.45) is 0 Å². The molecule has 1 aromatic rings. The van der Waals surface area contributed by atoms with Crippen LogP contribution in [-0.4, -0.2) is 36.4 Å². The Balaban J connectivity index is 2.01. The molecule has 5 heteroatoms. The molecule has 1 unspecified atom stereocenters. The fourth-order valence-electron chi connectivity index (χ4n) is 1.96. The summed E-state index contributed by atoms with van der Waals surface area (Å²) >= 11 is 0. The number of aryl methyl sites for hydroxylation is 1. The number of anilines is 1. The zero-order chi connectivity index (χ0) is 13.2. The van der Waals surface area contributed by atoms with Crippen LogP contribution in [0.3, 0.4) is 0 Å². The van der Waals surface area contributed by atoms with Gasteiger partial charge in [-0.2, -0.15) is 0 Å². The summed E-state index contributed by atoms with van der Waals surface area (Å²) in [6, 6.07) is 5.20. The molecule has 2 rings (SSSR count). The number of carbonyl (C=O) groups excluding carboxylic acids is 1. The van der Waals surface area contributed by atoms with Crippen molar-refractivity contribution in [3.05, 3.63) is 29.3 Å². The molecule has 0 saturated carbocycles. The van der Waals surface area contributed by atoms with E-state index in [2.05, 4.69) is 5.32 Å². The lowest BCUT2D eigenvalue weighted by molar-refractivity contribution is 0.0264. The second-order valence-corrected chi connectivity index (χ2v) is 4.78. The first-order valence-corrected chi connectivity index (χ1v) is 5.95. The van der Waals surface area contributed by atoms with E-state index in [1.807, 2.05) is 6.92 Å². The van der Waals surface area contributed by atoms with Crippen molar-refractivity contribution in [1.82, 2.24) is 5.32 Å². The number of benzene rings is 1. The molecular weight excluding hydrogens is 232 g/mol. The standard InChI is InChI=1S/C13H18N2O3/c1-9-2-3-10(14)6-11(9)12(16)15-7-13(17)4-5-18-8-13/h2-3,6,17H,4-5,7-8,14H2,1H3,(H,15,16). The van der Waals surface area contributed by atoms with Crippen LogP contribution in [0.1, 0.15) is 22.3 Å². The number of carbonyl (C=O) groups is 1. The summed E-state index contributed by atoms with van der Waals surface area (Å²) < 4.78 is 5.12. The highest BCUT2D eigenvalue weighted by atomic mass is 16.5. The van der Waals surface area contributed by atoms with Gasteiger partial charge in [0.2, 0.25) is 0 Å². The van der Waals surface area contributed by atoms with E-state index in [9.17, 15) is 9.90 Å². The first kappa shape index (κ1) is 12.9. The van der Waals surface area contributed by atoms with E-state index >= 15 is 0 Å². The molecule has 1 aromatic carbocycles. The third-order valence-electron chi connectivity index (χ3n) is 3.17. The van der Waals surface area contributed by atoms with Gasteiger partial charge in [0.1, 0.15) is 5.60 Å². The lowest BCUT2D eigenvalue weighted by Crippen LogP contribution is -2.43. The highest BCUT2D eigenvalue weighted by Crippen LogP contribution is 2.18. The van der Waals surface area contributed by atoms with Crippen LogP contribution in [0.25, 0.3) is 0 Å². The molecule has 0 bridgehead atoms. The van der Waals surface area contributed by atoms with Gasteiger partial charge >= 0.3 is 0 Å². The summed E-state index contributed by atoms with van der Waals surface area (Å²) in [6.07, 6.45) is 0.545. The average Bonchev–Trinajstić information content (AvgIpc) is 2.77. The monoisotopic (exact) mass is 250 g/mol. The average molecular weight is 250 g/mol. The number of nitrogen functional groups attached to an aromatic ring is 1. The maximum atomic E-state index is 12.0. The van der Waals surface area contributed by atoms with Crippen molar-refractivity contribution in [2.75, 3.05) is 25.5 Å². The maximum Gasteiger partial charge on any atom is 0.251 e. The van der Waals surface area contributed by atoms with E-state index in [4.69, 9.17) is 10.5 Å². The van der Waals surface area contributed by atoms with Crippen LogP contribution >= 0.6 is 0 Å². The Morgan fingerprint density at radius 2 is 2.39 bits per heavy atom. The van der Waals surface area contributed by atoms with Gasteiger partial charge in [-0.05, 0) is 24.6 Å². The molecule has 0 radical (unpaired) electrons. The Hall–Kier alpha value is -1.59. The molecule has 5 nitrogen and oxygen atoms in total. The lowest BCUT2D eigenvalue weighted by atomic mass is 10.0. The summed E-state index contributed by atoms with van der Waals surface area (Å²) in [7, 11) is 0. The first-order chi connectivity index (χ1) is 8.50. The Kier molecular flexibility index (Phi) is 3.54. The van der Waals surface area contributed by atoms with Gasteiger partial charge in [0.25, 0.3) is 5.91 Å². The van der Waals surface area contributed by atoms with Crippen molar-refractivity contribution in [3.63, 3.8) is 0 Å². The Labute approximate surface area is 106 Å². The third-order valence-corrected chi connectivity index (χ3v) is 3.17. The third kappa shape index (κ3) is 2.80. The Bertz CT molecular complexity index is 454. The van der Waals surface area contributed by atoms with Gasteiger partial charge < -0.3 is 20.9 Å². The molecular formula is C13H18N2O3. The van der Waals surface area contributed by atoms with E-state index in [0.717, 1.165) is 5.56 Å². The molecule has 98 valence electrons. The van der Waals surface area contributed by atoms with Crippen molar-refractivity contribution in [3.8, 4) is 0 Å². The van der Waals surface area contributed by atoms with Crippen LogP contribution in [0, 0.1) is 6.92 Å². The number of aliphatic hydroxyl groups is 1. The zero-order valence-corrected chi connectivity index (χ0v) is 10.4. The van der Waals surface area contributed by atoms with Gasteiger partial charge in [0.15, 0.2) is 0 Å². The minimum Gasteiger partial charge on any atom is -0.399 e. The van der Waals surface area contributed by atoms with Crippen molar-refractivity contribution in [1.29, 1.82) is 0 Å². The van der Waals surface area contributed by atoms with Crippen LogP contribution in [0.4, 0.5) is 5.69 Å². The Morgan fingerprint density at radius 1 is 1.61 bits per heavy atom. The molecule has 1 heterocycles. The second-order valence-electron chi connectivity index (χ2n) is 4.78. The summed E-state index contributed by atoms with van der Waals surface area (Å²) in [5, 5.41) is 12.8. The van der Waals surface area contributed by atoms with Crippen molar-refractivity contribution >= 4 is 11.6 Å². The minimum atomic E-state index is -0.941. The molecule has 0 spiro atoms. The van der Waals surface area contributed by atoms with Crippen molar-refractivity contribution < 1.29 is 14.6 Å². The Morgan fingerprint density at radius 3 is 3.06 bits per heavy atom. The molecule has 1 aliphatic rings. The van der Waals surface area contributed by atoms with Crippen LogP contribution in [0.15, 0.2) is 18.2 Å². The molecule has 1 amide bonds. The fraction of sp³-hybridized carbons (Fsp3) is 0.462. The summed E-state index contributed by atoms with van der Waals surface area (Å²) in [5.41, 5.74) is 6.67. The quantitative estimate of drug-likeness (QED) is 0.680. The topological polar surface area (TPSA) is 84.6 Å². The normalized spacial score (nSPS) is 23.0. The highest BCUT2D eigenvalue weighted by molar-refractivity contribution is 5.96. The largest absolute Gasteiger partial charge is 0.399 e. The van der Waals surface area contributed by atoms with E-state index in [1.165, 1.54) is 0 Å². The number of hydrogen-bond acceptors (Lipinski definition) is 4. The van der Waals surface area contributed by atoms with Gasteiger partial charge in [-0.25, -0.2) is 0 Å². The molecule has 18 heavy (non-hydrogen) atoms. The molecule has 0 aliphatic carbocycles. The van der Waals surface area contributed by atoms with E-state index in [-0.39, 0.29) is 19.1 Å². The molecule has 1 atom stereocenters. The predicted octanol–water partition coefficient (Wildman–Crippen LogP) is 0.458. The van der Waals surface area contributed by atoms with Gasteiger partial charge in [0.05, 0.1) is 6.61 Å². The van der Waals surface area contributed by atoms with Gasteiger partial charge in [-0.1, -0.05) is 6.07 Å². The SMILES string of the molecule is Cc1ccc(N)cc1C(=O)NCC1(O)CCOC1. The number of rotatable bonds is 3. The summed E-state index contributed by atoms with van der Waals surface area (Å²) in [5.74, 6) is -0.222. The smallest absolute Gasteiger partial charge is 0.251 e. The fourth-order valence-corrected chi connectivity index (χ4v) is 1.96. The minimum absolute atomic E-state index is 0.195. The molecule has 0 aromatic heterocycles. The van der Waals surface area contributed by atoms with Crippen LogP contribution in [0.5, 0.6) is 0 Å². The lowest BCUT2D eigenvalue weighted by Gasteiger charge is -2.21. The molecule has 1 aliphatic heterocycles. The number of nitrogens with two attached hydrogens (primary N) is 1.